The molecule has 0 bridgehead atoms. The van der Waals surface area contributed by atoms with E-state index in [2.05, 4.69) is 26.2 Å². The Morgan fingerprint density at radius 2 is 2.12 bits per heavy atom. The van der Waals surface area contributed by atoms with Crippen molar-refractivity contribution in [2.75, 3.05) is 5.32 Å². The zero-order chi connectivity index (χ0) is 16.9. The first-order valence-electron chi connectivity index (χ1n) is 7.30. The van der Waals surface area contributed by atoms with E-state index in [9.17, 15) is 4.79 Å². The van der Waals surface area contributed by atoms with Crippen molar-refractivity contribution in [3.8, 4) is 0 Å². The number of anilines is 1. The summed E-state index contributed by atoms with van der Waals surface area (Å²) in [5, 5.41) is 5.03. The van der Waals surface area contributed by atoms with Gasteiger partial charge in [-0.05, 0) is 42.8 Å². The molecule has 3 nitrogen and oxygen atoms in total. The number of nitrogens with zero attached hydrogens (tertiary/aromatic N) is 1. The van der Waals surface area contributed by atoms with Crippen molar-refractivity contribution in [1.29, 1.82) is 0 Å². The number of aromatic nitrogens is 1. The zero-order valence-corrected chi connectivity index (χ0v) is 16.2. The van der Waals surface area contributed by atoms with Crippen molar-refractivity contribution in [2.24, 2.45) is 0 Å². The molecule has 0 spiro atoms. The number of carbonyl (C=O) groups is 1. The third kappa shape index (κ3) is 4.26. The molecule has 0 aliphatic carbocycles. The van der Waals surface area contributed by atoms with Gasteiger partial charge in [0.25, 0.3) is 5.91 Å². The lowest BCUT2D eigenvalue weighted by molar-refractivity contribution is 0.102. The Morgan fingerprint density at radius 1 is 1.29 bits per heavy atom. The molecule has 0 saturated heterocycles. The number of thiazole rings is 1. The molecule has 122 valence electrons. The fraction of sp³-hybridized carbons (Fsp3) is 0.111. The van der Waals surface area contributed by atoms with Crippen LogP contribution in [-0.2, 0) is 5.75 Å². The number of nitrogens with one attached hydrogen (secondary N) is 1. The number of thioether (sulfide) groups is 1. The number of benzene rings is 2. The second kappa shape index (κ2) is 7.96. The van der Waals surface area contributed by atoms with Crippen LogP contribution in [0.25, 0.3) is 0 Å². The van der Waals surface area contributed by atoms with Gasteiger partial charge < -0.3 is 5.32 Å². The number of hydrogen-bond donors (Lipinski definition) is 1. The van der Waals surface area contributed by atoms with Crippen molar-refractivity contribution >= 4 is 50.6 Å². The molecule has 0 fully saturated rings. The summed E-state index contributed by atoms with van der Waals surface area (Å²) in [6.45, 7) is 1.98. The molecule has 3 rings (SSSR count). The Kier molecular flexibility index (Phi) is 5.71. The normalized spacial score (nSPS) is 10.6. The van der Waals surface area contributed by atoms with Crippen LogP contribution in [0.4, 0.5) is 5.69 Å². The van der Waals surface area contributed by atoms with Crippen LogP contribution < -0.4 is 5.32 Å². The number of amides is 1. The minimum atomic E-state index is -0.0956. The van der Waals surface area contributed by atoms with Gasteiger partial charge in [0.1, 0.15) is 0 Å². The summed E-state index contributed by atoms with van der Waals surface area (Å²) >= 11 is 6.65. The molecular formula is C18H15BrN2OS2. The molecule has 3 aromatic rings. The predicted octanol–water partition coefficient (Wildman–Crippen LogP) is 5.76. The third-order valence-electron chi connectivity index (χ3n) is 3.43. The summed E-state index contributed by atoms with van der Waals surface area (Å²) < 4.78 is 0.997. The first-order valence-corrected chi connectivity index (χ1v) is 10.0. The maximum atomic E-state index is 12.7. The van der Waals surface area contributed by atoms with Crippen LogP contribution in [0.5, 0.6) is 0 Å². The van der Waals surface area contributed by atoms with E-state index in [0.29, 0.717) is 5.56 Å². The van der Waals surface area contributed by atoms with Gasteiger partial charge in [0, 0.05) is 26.2 Å². The highest BCUT2D eigenvalue weighted by atomic mass is 79.9. The van der Waals surface area contributed by atoms with E-state index in [-0.39, 0.29) is 5.91 Å². The van der Waals surface area contributed by atoms with Crippen LogP contribution in [0, 0.1) is 6.92 Å². The van der Waals surface area contributed by atoms with Crippen LogP contribution in [0.1, 0.15) is 21.6 Å². The van der Waals surface area contributed by atoms with E-state index < -0.39 is 0 Å². The molecule has 0 radical (unpaired) electrons. The van der Waals surface area contributed by atoms with E-state index in [1.54, 1.807) is 23.1 Å². The SMILES string of the molecule is Cc1cc(Br)ccc1NC(=O)c1ccccc1SCc1cscn1. The zero-order valence-electron chi connectivity index (χ0n) is 13.0. The number of rotatable bonds is 5. The lowest BCUT2D eigenvalue weighted by atomic mass is 10.1. The molecular weight excluding hydrogens is 404 g/mol. The largest absolute Gasteiger partial charge is 0.322 e. The highest BCUT2D eigenvalue weighted by Gasteiger charge is 2.13. The van der Waals surface area contributed by atoms with Gasteiger partial charge in [-0.25, -0.2) is 4.98 Å². The maximum absolute atomic E-state index is 12.7. The van der Waals surface area contributed by atoms with Gasteiger partial charge >= 0.3 is 0 Å². The highest BCUT2D eigenvalue weighted by Crippen LogP contribution is 2.27. The van der Waals surface area contributed by atoms with Gasteiger partial charge in [-0.15, -0.1) is 23.1 Å². The lowest BCUT2D eigenvalue weighted by Gasteiger charge is -2.11. The number of hydrogen-bond acceptors (Lipinski definition) is 4. The Balaban J connectivity index is 1.77. The van der Waals surface area contributed by atoms with Gasteiger partial charge in [0.05, 0.1) is 16.8 Å². The Hall–Kier alpha value is -1.63. The van der Waals surface area contributed by atoms with Crippen LogP contribution >= 0.6 is 39.0 Å². The van der Waals surface area contributed by atoms with Gasteiger partial charge in [0.2, 0.25) is 0 Å². The molecule has 1 amide bonds. The van der Waals surface area contributed by atoms with Crippen LogP contribution in [0.3, 0.4) is 0 Å². The summed E-state index contributed by atoms with van der Waals surface area (Å²) in [5.74, 6) is 0.660. The smallest absolute Gasteiger partial charge is 0.256 e. The van der Waals surface area contributed by atoms with E-state index in [1.165, 1.54) is 0 Å². The predicted molar refractivity (Wildman–Crippen MR) is 105 cm³/mol. The van der Waals surface area contributed by atoms with Crippen LogP contribution in [-0.4, -0.2) is 10.9 Å². The maximum Gasteiger partial charge on any atom is 0.256 e. The van der Waals surface area contributed by atoms with Gasteiger partial charge in [-0.1, -0.05) is 28.1 Å². The van der Waals surface area contributed by atoms with Gasteiger partial charge in [-0.2, -0.15) is 0 Å². The monoisotopic (exact) mass is 418 g/mol. The fourth-order valence-electron chi connectivity index (χ4n) is 2.20. The molecule has 0 aliphatic rings. The van der Waals surface area contributed by atoms with Crippen LogP contribution in [0.2, 0.25) is 0 Å². The first kappa shape index (κ1) is 17.2. The average Bonchev–Trinajstić information content (AvgIpc) is 3.09. The van der Waals surface area contributed by atoms with E-state index in [0.717, 1.165) is 32.1 Å². The van der Waals surface area contributed by atoms with Crippen molar-refractivity contribution in [2.45, 2.75) is 17.6 Å². The molecule has 6 heteroatoms. The Labute approximate surface area is 157 Å². The Morgan fingerprint density at radius 3 is 2.88 bits per heavy atom. The minimum Gasteiger partial charge on any atom is -0.322 e. The summed E-state index contributed by atoms with van der Waals surface area (Å²) in [7, 11) is 0. The van der Waals surface area contributed by atoms with E-state index in [1.807, 2.05) is 60.3 Å². The molecule has 2 aromatic carbocycles. The Bertz CT molecular complexity index is 850. The van der Waals surface area contributed by atoms with Crippen molar-refractivity contribution < 1.29 is 4.79 Å². The molecule has 1 N–H and O–H groups in total. The number of carbonyl (C=O) groups excluding carboxylic acids is 1. The fourth-order valence-corrected chi connectivity index (χ4v) is 4.29. The van der Waals surface area contributed by atoms with E-state index >= 15 is 0 Å². The quantitative estimate of drug-likeness (QED) is 0.535. The molecule has 24 heavy (non-hydrogen) atoms. The summed E-state index contributed by atoms with van der Waals surface area (Å²) in [6, 6.07) is 13.5. The molecule has 0 aliphatic heterocycles. The highest BCUT2D eigenvalue weighted by molar-refractivity contribution is 9.10. The minimum absolute atomic E-state index is 0.0956. The molecule has 1 heterocycles. The first-order chi connectivity index (χ1) is 11.6. The van der Waals surface area contributed by atoms with Crippen molar-refractivity contribution in [1.82, 2.24) is 4.98 Å². The van der Waals surface area contributed by atoms with Crippen molar-refractivity contribution in [3.63, 3.8) is 0 Å². The van der Waals surface area contributed by atoms with Gasteiger partial charge in [-0.3, -0.25) is 4.79 Å². The molecule has 0 saturated carbocycles. The van der Waals surface area contributed by atoms with Crippen molar-refractivity contribution in [3.05, 3.63) is 74.6 Å². The van der Waals surface area contributed by atoms with Gasteiger partial charge in [0.15, 0.2) is 0 Å². The summed E-state index contributed by atoms with van der Waals surface area (Å²) in [5.41, 5.74) is 5.38. The number of halogens is 1. The number of aryl methyl sites for hydroxylation is 1. The topological polar surface area (TPSA) is 42.0 Å². The van der Waals surface area contributed by atoms with Crippen LogP contribution in [0.15, 0.2) is 62.7 Å². The molecule has 0 atom stereocenters. The third-order valence-corrected chi connectivity index (χ3v) is 5.66. The van der Waals surface area contributed by atoms with E-state index in [4.69, 9.17) is 0 Å². The molecule has 0 unspecified atom stereocenters. The average molecular weight is 419 g/mol. The standard InChI is InChI=1S/C18H15BrN2OS2/c1-12-8-13(19)6-7-16(12)21-18(22)15-4-2-3-5-17(15)24-10-14-9-23-11-20-14/h2-9,11H,10H2,1H3,(H,21,22). The summed E-state index contributed by atoms with van der Waals surface area (Å²) in [4.78, 5) is 17.9. The lowest BCUT2D eigenvalue weighted by Crippen LogP contribution is -2.13. The second-order valence-corrected chi connectivity index (χ2v) is 7.83. The summed E-state index contributed by atoms with van der Waals surface area (Å²) in [6.07, 6.45) is 0. The second-order valence-electron chi connectivity index (χ2n) is 5.18. The molecule has 1 aromatic heterocycles.